The van der Waals surface area contributed by atoms with Gasteiger partial charge in [0, 0.05) is 25.2 Å². The second-order valence-corrected chi connectivity index (χ2v) is 7.27. The molecular formula is C16H24N2OS. The van der Waals surface area contributed by atoms with E-state index in [4.69, 9.17) is 22.7 Å². The van der Waals surface area contributed by atoms with E-state index in [0.717, 1.165) is 25.2 Å². The number of morpholine rings is 1. The molecule has 4 heteroatoms. The predicted octanol–water partition coefficient (Wildman–Crippen LogP) is 2.71. The van der Waals surface area contributed by atoms with Crippen LogP contribution in [0.1, 0.15) is 38.8 Å². The normalized spacial score (nSPS) is 21.6. The molecule has 0 radical (unpaired) electrons. The Kier molecular flexibility index (Phi) is 4.19. The standard InChI is InChI=1S/C16H24N2OS/c1-15(2)10-18(11-16(3,4)19-15)9-12-6-5-7-13(8-12)14(17)20/h5-8H,9-11H2,1-4H3,(H2,17,20). The lowest BCUT2D eigenvalue weighted by molar-refractivity contribution is -0.182. The van der Waals surface area contributed by atoms with Crippen molar-refractivity contribution in [3.8, 4) is 0 Å². The average Bonchev–Trinajstić information content (AvgIpc) is 2.24. The number of nitrogens with two attached hydrogens (primary N) is 1. The number of benzene rings is 1. The van der Waals surface area contributed by atoms with Crippen LogP contribution in [0.3, 0.4) is 0 Å². The second kappa shape index (κ2) is 5.43. The summed E-state index contributed by atoms with van der Waals surface area (Å²) in [4.78, 5) is 2.89. The molecule has 1 fully saturated rings. The Hall–Kier alpha value is -0.970. The van der Waals surface area contributed by atoms with E-state index >= 15 is 0 Å². The van der Waals surface area contributed by atoms with Crippen molar-refractivity contribution in [2.24, 2.45) is 5.73 Å². The molecule has 20 heavy (non-hydrogen) atoms. The van der Waals surface area contributed by atoms with Crippen molar-refractivity contribution in [1.29, 1.82) is 0 Å². The molecule has 0 bridgehead atoms. The lowest BCUT2D eigenvalue weighted by Gasteiger charge is -2.47. The molecule has 3 nitrogen and oxygen atoms in total. The summed E-state index contributed by atoms with van der Waals surface area (Å²) in [6.45, 7) is 11.3. The summed E-state index contributed by atoms with van der Waals surface area (Å²) in [6.07, 6.45) is 0. The summed E-state index contributed by atoms with van der Waals surface area (Å²) in [5.41, 5.74) is 7.63. The number of rotatable bonds is 3. The Morgan fingerprint density at radius 3 is 2.40 bits per heavy atom. The highest BCUT2D eigenvalue weighted by Gasteiger charge is 2.37. The molecule has 0 spiro atoms. The highest BCUT2D eigenvalue weighted by atomic mass is 32.1. The largest absolute Gasteiger partial charge is 0.389 e. The van der Waals surface area contributed by atoms with E-state index < -0.39 is 0 Å². The van der Waals surface area contributed by atoms with E-state index in [2.05, 4.69) is 44.7 Å². The van der Waals surface area contributed by atoms with Gasteiger partial charge in [0.25, 0.3) is 0 Å². The maximum absolute atomic E-state index is 6.11. The average molecular weight is 292 g/mol. The van der Waals surface area contributed by atoms with Gasteiger partial charge in [-0.2, -0.15) is 0 Å². The SMILES string of the molecule is CC1(C)CN(Cc2cccc(C(N)=S)c2)CC(C)(C)O1. The summed E-state index contributed by atoms with van der Waals surface area (Å²) in [5, 5.41) is 0. The number of thiocarbonyl (C=S) groups is 1. The van der Waals surface area contributed by atoms with Gasteiger partial charge in [0.05, 0.1) is 11.2 Å². The fourth-order valence-electron chi connectivity index (χ4n) is 3.14. The monoisotopic (exact) mass is 292 g/mol. The Bertz CT molecular complexity index is 495. The molecule has 0 saturated carbocycles. The lowest BCUT2D eigenvalue weighted by Crippen LogP contribution is -2.56. The lowest BCUT2D eigenvalue weighted by atomic mass is 9.98. The molecule has 1 aliphatic rings. The van der Waals surface area contributed by atoms with E-state index in [0.29, 0.717) is 4.99 Å². The zero-order valence-corrected chi connectivity index (χ0v) is 13.6. The Balaban J connectivity index is 2.13. The van der Waals surface area contributed by atoms with Gasteiger partial charge in [0.2, 0.25) is 0 Å². The van der Waals surface area contributed by atoms with Crippen molar-refractivity contribution in [2.45, 2.75) is 45.4 Å². The maximum atomic E-state index is 6.11. The Morgan fingerprint density at radius 1 is 1.25 bits per heavy atom. The van der Waals surface area contributed by atoms with E-state index in [1.807, 2.05) is 12.1 Å². The first-order chi connectivity index (χ1) is 9.17. The molecule has 1 aromatic carbocycles. The predicted molar refractivity (Wildman–Crippen MR) is 86.8 cm³/mol. The van der Waals surface area contributed by atoms with Gasteiger partial charge in [0.15, 0.2) is 0 Å². The van der Waals surface area contributed by atoms with Crippen LogP contribution in [0.25, 0.3) is 0 Å². The first kappa shape index (κ1) is 15.4. The summed E-state index contributed by atoms with van der Waals surface area (Å²) < 4.78 is 6.11. The van der Waals surface area contributed by atoms with Crippen molar-refractivity contribution in [2.75, 3.05) is 13.1 Å². The van der Waals surface area contributed by atoms with E-state index in [1.54, 1.807) is 0 Å². The van der Waals surface area contributed by atoms with Crippen LogP contribution >= 0.6 is 12.2 Å². The number of hydrogen-bond acceptors (Lipinski definition) is 3. The first-order valence-electron chi connectivity index (χ1n) is 6.98. The number of ether oxygens (including phenoxy) is 1. The molecule has 0 aromatic heterocycles. The molecule has 0 atom stereocenters. The zero-order chi connectivity index (χ0) is 15.0. The van der Waals surface area contributed by atoms with E-state index in [9.17, 15) is 0 Å². The fourth-order valence-corrected chi connectivity index (χ4v) is 3.27. The van der Waals surface area contributed by atoms with Gasteiger partial charge < -0.3 is 10.5 Å². The molecule has 1 heterocycles. The van der Waals surface area contributed by atoms with Gasteiger partial charge in [-0.3, -0.25) is 4.90 Å². The van der Waals surface area contributed by atoms with Crippen LogP contribution in [0.15, 0.2) is 24.3 Å². The topological polar surface area (TPSA) is 38.5 Å². The number of hydrogen-bond donors (Lipinski definition) is 1. The molecule has 1 aromatic rings. The van der Waals surface area contributed by atoms with Crippen LogP contribution in [-0.2, 0) is 11.3 Å². The Labute approximate surface area is 127 Å². The molecule has 2 N–H and O–H groups in total. The highest BCUT2D eigenvalue weighted by molar-refractivity contribution is 7.80. The molecule has 110 valence electrons. The molecule has 1 aliphatic heterocycles. The third-order valence-corrected chi connectivity index (χ3v) is 3.61. The minimum absolute atomic E-state index is 0.122. The van der Waals surface area contributed by atoms with Crippen LogP contribution < -0.4 is 5.73 Å². The summed E-state index contributed by atoms with van der Waals surface area (Å²) in [6, 6.07) is 8.18. The van der Waals surface area contributed by atoms with Gasteiger partial charge in [-0.25, -0.2) is 0 Å². The van der Waals surface area contributed by atoms with Gasteiger partial charge >= 0.3 is 0 Å². The van der Waals surface area contributed by atoms with Crippen LogP contribution in [-0.4, -0.2) is 34.2 Å². The highest BCUT2D eigenvalue weighted by Crippen LogP contribution is 2.29. The van der Waals surface area contributed by atoms with Gasteiger partial charge in [-0.1, -0.05) is 30.4 Å². The third kappa shape index (κ3) is 4.01. The van der Waals surface area contributed by atoms with Crippen LogP contribution in [0.4, 0.5) is 0 Å². The van der Waals surface area contributed by atoms with Crippen molar-refractivity contribution in [1.82, 2.24) is 4.90 Å². The minimum Gasteiger partial charge on any atom is -0.389 e. The molecule has 1 saturated heterocycles. The zero-order valence-electron chi connectivity index (χ0n) is 12.8. The van der Waals surface area contributed by atoms with Gasteiger partial charge in [0.1, 0.15) is 4.99 Å². The van der Waals surface area contributed by atoms with Crippen molar-refractivity contribution in [3.63, 3.8) is 0 Å². The van der Waals surface area contributed by atoms with Crippen LogP contribution in [0.5, 0.6) is 0 Å². The molecular weight excluding hydrogens is 268 g/mol. The van der Waals surface area contributed by atoms with E-state index in [1.165, 1.54) is 5.56 Å². The third-order valence-electron chi connectivity index (χ3n) is 3.38. The minimum atomic E-state index is -0.122. The first-order valence-corrected chi connectivity index (χ1v) is 7.39. The summed E-state index contributed by atoms with van der Waals surface area (Å²) in [7, 11) is 0. The smallest absolute Gasteiger partial charge is 0.103 e. The Morgan fingerprint density at radius 2 is 1.85 bits per heavy atom. The van der Waals surface area contributed by atoms with Gasteiger partial charge in [-0.05, 0) is 39.3 Å². The van der Waals surface area contributed by atoms with Gasteiger partial charge in [-0.15, -0.1) is 0 Å². The van der Waals surface area contributed by atoms with Crippen LogP contribution in [0, 0.1) is 0 Å². The van der Waals surface area contributed by atoms with Crippen LogP contribution in [0.2, 0.25) is 0 Å². The summed E-state index contributed by atoms with van der Waals surface area (Å²) in [5.74, 6) is 0. The van der Waals surface area contributed by atoms with Crippen molar-refractivity contribution < 1.29 is 4.74 Å². The molecule has 0 unspecified atom stereocenters. The fraction of sp³-hybridized carbons (Fsp3) is 0.562. The van der Waals surface area contributed by atoms with Crippen molar-refractivity contribution in [3.05, 3.63) is 35.4 Å². The molecule has 0 aliphatic carbocycles. The quantitative estimate of drug-likeness (QED) is 0.869. The summed E-state index contributed by atoms with van der Waals surface area (Å²) >= 11 is 5.04. The van der Waals surface area contributed by atoms with Crippen molar-refractivity contribution >= 4 is 17.2 Å². The number of nitrogens with zero attached hydrogens (tertiary/aromatic N) is 1. The van der Waals surface area contributed by atoms with E-state index in [-0.39, 0.29) is 11.2 Å². The maximum Gasteiger partial charge on any atom is 0.103 e. The molecule has 0 amide bonds. The second-order valence-electron chi connectivity index (χ2n) is 6.83. The molecule has 2 rings (SSSR count).